The number of hydrogen-bond acceptors (Lipinski definition) is 15. The fourth-order valence-electron chi connectivity index (χ4n) is 8.13. The lowest BCUT2D eigenvalue weighted by Gasteiger charge is -2.55. The van der Waals surface area contributed by atoms with Crippen molar-refractivity contribution >= 4 is 23.9 Å². The first-order valence-corrected chi connectivity index (χ1v) is 20.3. The highest BCUT2D eigenvalue weighted by atomic mass is 16.8. The molecule has 330 valence electrons. The monoisotopic (exact) mass is 865 g/mol. The van der Waals surface area contributed by atoms with Gasteiger partial charge in [-0.1, -0.05) is 102 Å². The Kier molecular flexibility index (Phi) is 14.8. The molecule has 2 heterocycles. The number of carbonyl (C=O) groups excluding carboxylic acids is 4. The molecule has 3 fully saturated rings. The highest BCUT2D eigenvalue weighted by molar-refractivity contribution is 5.90. The van der Waals surface area contributed by atoms with Gasteiger partial charge in [-0.3, -0.25) is 9.59 Å². The Morgan fingerprint density at radius 3 is 1.78 bits per heavy atom. The summed E-state index contributed by atoms with van der Waals surface area (Å²) in [6.45, 7) is 1.63. The SMILES string of the molecule is CO[C@H]1OC(COC(=O)c2ccccc2)[C@@H](O[C@@H]2OC3[C@@H](OC(C)=O)C(OCc4ccccc4)C3(COC(C)=O)C2OC(=O)c2ccccc2)C(OCc2ccccc2)C1N=[N+]=[N-]. The van der Waals surface area contributed by atoms with Crippen molar-refractivity contribution in [3.63, 3.8) is 0 Å². The van der Waals surface area contributed by atoms with Crippen molar-refractivity contribution in [2.75, 3.05) is 20.3 Å². The molecule has 4 aromatic rings. The summed E-state index contributed by atoms with van der Waals surface area (Å²) in [5.74, 6) is -2.76. The first-order chi connectivity index (χ1) is 30.6. The molecular weight excluding hydrogens is 819 g/mol. The van der Waals surface area contributed by atoms with Gasteiger partial charge in [0, 0.05) is 25.9 Å². The molecular formula is C46H47N3O14. The van der Waals surface area contributed by atoms with Crippen LogP contribution in [0.5, 0.6) is 0 Å². The van der Waals surface area contributed by atoms with Crippen LogP contribution in [0.25, 0.3) is 10.4 Å². The fourth-order valence-corrected chi connectivity index (χ4v) is 8.13. The average Bonchev–Trinajstić information content (AvgIpc) is 3.56. The third kappa shape index (κ3) is 10.2. The van der Waals surface area contributed by atoms with Crippen LogP contribution in [0.4, 0.5) is 0 Å². The van der Waals surface area contributed by atoms with Crippen LogP contribution in [-0.4, -0.2) is 106 Å². The first kappa shape index (κ1) is 44.9. The maximum atomic E-state index is 14.1. The molecule has 0 N–H and O–H groups in total. The van der Waals surface area contributed by atoms with Crippen LogP contribution in [0.3, 0.4) is 0 Å². The Hall–Kier alpha value is -6.17. The van der Waals surface area contributed by atoms with Crippen LogP contribution in [-0.2, 0) is 70.2 Å². The zero-order chi connectivity index (χ0) is 44.3. The number of rotatable bonds is 18. The molecule has 3 aliphatic rings. The average molecular weight is 866 g/mol. The maximum Gasteiger partial charge on any atom is 0.338 e. The number of azide groups is 1. The second-order valence-corrected chi connectivity index (χ2v) is 15.1. The smallest absolute Gasteiger partial charge is 0.338 e. The third-order valence-electron chi connectivity index (χ3n) is 11.1. The van der Waals surface area contributed by atoms with Crippen LogP contribution in [0.2, 0.25) is 0 Å². The molecule has 2 saturated heterocycles. The summed E-state index contributed by atoms with van der Waals surface area (Å²) in [6, 6.07) is 33.7. The van der Waals surface area contributed by atoms with Crippen molar-refractivity contribution in [3.05, 3.63) is 154 Å². The first-order valence-electron chi connectivity index (χ1n) is 20.3. The Labute approximate surface area is 363 Å². The van der Waals surface area contributed by atoms with Crippen molar-refractivity contribution in [3.8, 4) is 0 Å². The lowest BCUT2D eigenvalue weighted by atomic mass is 9.59. The number of esters is 4. The van der Waals surface area contributed by atoms with E-state index in [4.69, 9.17) is 47.4 Å². The van der Waals surface area contributed by atoms with Gasteiger partial charge in [-0.25, -0.2) is 9.59 Å². The van der Waals surface area contributed by atoms with Gasteiger partial charge in [0.1, 0.15) is 55.2 Å². The number of methoxy groups -OCH3 is 1. The number of hydrogen-bond donors (Lipinski definition) is 0. The van der Waals surface area contributed by atoms with Crippen molar-refractivity contribution in [2.24, 2.45) is 10.5 Å². The van der Waals surface area contributed by atoms with E-state index in [1.165, 1.54) is 21.0 Å². The normalized spacial score (nSPS) is 28.3. The molecule has 0 bridgehead atoms. The number of nitrogens with zero attached hydrogens (tertiary/aromatic N) is 3. The van der Waals surface area contributed by atoms with E-state index in [9.17, 15) is 24.7 Å². The predicted octanol–water partition coefficient (Wildman–Crippen LogP) is 5.89. The zero-order valence-corrected chi connectivity index (χ0v) is 34.7. The lowest BCUT2D eigenvalue weighted by Crippen LogP contribution is -2.73. The number of carbonyl (C=O) groups is 4. The van der Waals surface area contributed by atoms with Crippen LogP contribution >= 0.6 is 0 Å². The van der Waals surface area contributed by atoms with E-state index >= 15 is 0 Å². The summed E-state index contributed by atoms with van der Waals surface area (Å²) in [5.41, 5.74) is 10.3. The largest absolute Gasteiger partial charge is 0.465 e. The predicted molar refractivity (Wildman–Crippen MR) is 219 cm³/mol. The number of benzene rings is 4. The van der Waals surface area contributed by atoms with Crippen molar-refractivity contribution < 1.29 is 66.5 Å². The minimum absolute atomic E-state index is 0.00332. The van der Waals surface area contributed by atoms with E-state index in [0.717, 1.165) is 11.1 Å². The van der Waals surface area contributed by atoms with Crippen LogP contribution in [0.15, 0.2) is 126 Å². The van der Waals surface area contributed by atoms with Gasteiger partial charge in [0.2, 0.25) is 0 Å². The van der Waals surface area contributed by atoms with Gasteiger partial charge < -0.3 is 47.4 Å². The van der Waals surface area contributed by atoms with Gasteiger partial charge in [0.25, 0.3) is 0 Å². The molecule has 0 amide bonds. The van der Waals surface area contributed by atoms with E-state index < -0.39 is 104 Å². The summed E-state index contributed by atoms with van der Waals surface area (Å²) in [5, 5.41) is 4.01. The topological polar surface area (TPSA) is 209 Å². The fraction of sp³-hybridized carbons (Fsp3) is 0.391. The van der Waals surface area contributed by atoms with Crippen molar-refractivity contribution in [2.45, 2.75) is 88.4 Å². The summed E-state index contributed by atoms with van der Waals surface area (Å²) < 4.78 is 62.2. The van der Waals surface area contributed by atoms with Crippen LogP contribution in [0, 0.1) is 5.41 Å². The van der Waals surface area contributed by atoms with Gasteiger partial charge in [-0.05, 0) is 40.9 Å². The molecule has 1 aliphatic carbocycles. The molecule has 0 spiro atoms. The highest BCUT2D eigenvalue weighted by Crippen LogP contribution is 2.58. The lowest BCUT2D eigenvalue weighted by molar-refractivity contribution is -0.310. The molecule has 11 atom stereocenters. The Morgan fingerprint density at radius 1 is 0.651 bits per heavy atom. The minimum atomic E-state index is -1.56. The highest BCUT2D eigenvalue weighted by Gasteiger charge is 2.78. The molecule has 0 radical (unpaired) electrons. The quantitative estimate of drug-likeness (QED) is 0.0375. The molecule has 4 aromatic carbocycles. The van der Waals surface area contributed by atoms with Gasteiger partial charge in [0.15, 0.2) is 24.8 Å². The molecule has 17 nitrogen and oxygen atoms in total. The van der Waals surface area contributed by atoms with E-state index in [0.29, 0.717) is 0 Å². The summed E-state index contributed by atoms with van der Waals surface area (Å²) in [4.78, 5) is 55.7. The van der Waals surface area contributed by atoms with E-state index in [2.05, 4.69) is 10.0 Å². The number of fused-ring (bicyclic) bond motifs is 1. The van der Waals surface area contributed by atoms with E-state index in [1.54, 1.807) is 60.7 Å². The van der Waals surface area contributed by atoms with Crippen molar-refractivity contribution in [1.29, 1.82) is 0 Å². The summed E-state index contributed by atoms with van der Waals surface area (Å²) in [6.07, 6.45) is -11.2. The summed E-state index contributed by atoms with van der Waals surface area (Å²) >= 11 is 0. The maximum absolute atomic E-state index is 14.1. The zero-order valence-electron chi connectivity index (χ0n) is 34.7. The van der Waals surface area contributed by atoms with Crippen molar-refractivity contribution in [1.82, 2.24) is 0 Å². The minimum Gasteiger partial charge on any atom is -0.465 e. The Morgan fingerprint density at radius 2 is 1.22 bits per heavy atom. The van der Waals surface area contributed by atoms with E-state index in [1.807, 2.05) is 60.7 Å². The van der Waals surface area contributed by atoms with Crippen LogP contribution in [0.1, 0.15) is 45.7 Å². The third-order valence-corrected chi connectivity index (χ3v) is 11.1. The second-order valence-electron chi connectivity index (χ2n) is 15.1. The van der Waals surface area contributed by atoms with Gasteiger partial charge >= 0.3 is 23.9 Å². The Bertz CT molecular complexity index is 2210. The second kappa shape index (κ2) is 20.8. The molecule has 7 unspecified atom stereocenters. The van der Waals surface area contributed by atoms with Gasteiger partial charge in [-0.15, -0.1) is 0 Å². The Balaban J connectivity index is 1.31. The molecule has 63 heavy (non-hydrogen) atoms. The standard InChI is InChI=1S/C46H47N3O14/c1-28(50)58-27-46-39(56-25-31-18-10-5-11-19-31)38(59-29(2)51)40(46)63-45(41(46)62-43(53)33-22-14-7-15-23-33)61-36-34(26-57-42(52)32-20-12-6-13-21-32)60-44(54-3)35(48-49-47)37(36)55-24-30-16-8-4-9-17-30/h4-23,34-41,44-45H,24-27H2,1-3H3/t34?,35?,36-,37?,38+,39?,40?,41?,44+,45-,46?/m1/s1. The molecule has 1 saturated carbocycles. The van der Waals surface area contributed by atoms with E-state index in [-0.39, 0.29) is 24.3 Å². The molecule has 17 heteroatoms. The molecule has 2 aliphatic heterocycles. The van der Waals surface area contributed by atoms with Crippen LogP contribution < -0.4 is 0 Å². The molecule has 7 rings (SSSR count). The number of ether oxygens (including phenoxy) is 10. The van der Waals surface area contributed by atoms with Gasteiger partial charge in [0.05, 0.1) is 24.3 Å². The molecule has 0 aromatic heterocycles. The summed E-state index contributed by atoms with van der Waals surface area (Å²) in [7, 11) is 1.35. The van der Waals surface area contributed by atoms with Gasteiger partial charge in [-0.2, -0.15) is 0 Å².